The van der Waals surface area contributed by atoms with E-state index in [0.29, 0.717) is 6.54 Å². The van der Waals surface area contributed by atoms with Crippen LogP contribution in [0.5, 0.6) is 0 Å². The van der Waals surface area contributed by atoms with Crippen LogP contribution in [0.1, 0.15) is 25.1 Å². The molecule has 0 aromatic carbocycles. The van der Waals surface area contributed by atoms with Crippen molar-refractivity contribution in [3.05, 3.63) is 23.3 Å². The van der Waals surface area contributed by atoms with Crippen molar-refractivity contribution >= 4 is 11.3 Å². The smallest absolute Gasteiger partial charge is 0.191 e. The van der Waals surface area contributed by atoms with Crippen LogP contribution in [0.4, 0.5) is 0 Å². The van der Waals surface area contributed by atoms with Crippen LogP contribution in [-0.4, -0.2) is 21.7 Å². The highest BCUT2D eigenvalue weighted by molar-refractivity contribution is 7.13. The first-order chi connectivity index (χ1) is 7.84. The Morgan fingerprint density at radius 2 is 2.38 bits per heavy atom. The standard InChI is InChI=1S/C11H14N4S/c12-7-11(4-2-5-11)10-13-9(14-15-10)8-3-1-6-16-8/h1,3,6H,2,4-5,7,12H2,(H,13,14,15). The van der Waals surface area contributed by atoms with Gasteiger partial charge in [0.25, 0.3) is 0 Å². The monoisotopic (exact) mass is 234 g/mol. The van der Waals surface area contributed by atoms with Crippen molar-refractivity contribution < 1.29 is 0 Å². The molecule has 2 aromatic rings. The van der Waals surface area contributed by atoms with Gasteiger partial charge in [0.05, 0.1) is 4.88 Å². The van der Waals surface area contributed by atoms with Crippen LogP contribution < -0.4 is 5.73 Å². The maximum absolute atomic E-state index is 5.84. The molecule has 2 aromatic heterocycles. The van der Waals surface area contributed by atoms with E-state index in [0.717, 1.165) is 29.4 Å². The maximum Gasteiger partial charge on any atom is 0.191 e. The Bertz CT molecular complexity index is 464. The Kier molecular flexibility index (Phi) is 2.29. The number of nitrogens with two attached hydrogens (primary N) is 1. The van der Waals surface area contributed by atoms with Crippen LogP contribution in [-0.2, 0) is 5.41 Å². The molecular weight excluding hydrogens is 220 g/mol. The average Bonchev–Trinajstić information content (AvgIpc) is 2.86. The second kappa shape index (κ2) is 3.68. The van der Waals surface area contributed by atoms with E-state index in [1.54, 1.807) is 11.3 Å². The Morgan fingerprint density at radius 1 is 1.50 bits per heavy atom. The number of thiophene rings is 1. The minimum Gasteiger partial charge on any atom is -0.329 e. The lowest BCUT2D eigenvalue weighted by Crippen LogP contribution is -2.42. The fraction of sp³-hybridized carbons (Fsp3) is 0.455. The van der Waals surface area contributed by atoms with Crippen LogP contribution in [0.25, 0.3) is 10.7 Å². The van der Waals surface area contributed by atoms with Gasteiger partial charge in [0.2, 0.25) is 0 Å². The van der Waals surface area contributed by atoms with Gasteiger partial charge in [-0.1, -0.05) is 12.5 Å². The summed E-state index contributed by atoms with van der Waals surface area (Å²) in [7, 11) is 0. The van der Waals surface area contributed by atoms with Gasteiger partial charge in [0.15, 0.2) is 5.82 Å². The number of rotatable bonds is 3. The van der Waals surface area contributed by atoms with E-state index in [9.17, 15) is 0 Å². The molecule has 1 saturated carbocycles. The predicted octanol–water partition coefficient (Wildman–Crippen LogP) is 1.91. The SMILES string of the molecule is NCC1(c2nc(-c3cccs3)n[nH]2)CCC1. The van der Waals surface area contributed by atoms with Gasteiger partial charge >= 0.3 is 0 Å². The van der Waals surface area contributed by atoms with Gasteiger partial charge in [-0.25, -0.2) is 4.98 Å². The summed E-state index contributed by atoms with van der Waals surface area (Å²) in [5.41, 5.74) is 5.92. The van der Waals surface area contributed by atoms with Crippen molar-refractivity contribution in [2.45, 2.75) is 24.7 Å². The minimum absolute atomic E-state index is 0.0719. The Morgan fingerprint density at radius 3 is 2.94 bits per heavy atom. The van der Waals surface area contributed by atoms with Gasteiger partial charge < -0.3 is 5.73 Å². The normalized spacial score (nSPS) is 18.3. The summed E-state index contributed by atoms with van der Waals surface area (Å²) in [4.78, 5) is 5.69. The molecule has 0 radical (unpaired) electrons. The number of aromatic nitrogens is 3. The van der Waals surface area contributed by atoms with Crippen LogP contribution in [0.2, 0.25) is 0 Å². The van der Waals surface area contributed by atoms with E-state index >= 15 is 0 Å². The Hall–Kier alpha value is -1.20. The first kappa shape index (κ1) is 9.99. The molecule has 0 spiro atoms. The molecule has 5 heteroatoms. The van der Waals surface area contributed by atoms with Crippen LogP contribution >= 0.6 is 11.3 Å². The third kappa shape index (κ3) is 1.39. The van der Waals surface area contributed by atoms with E-state index in [1.807, 2.05) is 17.5 Å². The number of nitrogens with one attached hydrogen (secondary N) is 1. The molecule has 1 aliphatic rings. The van der Waals surface area contributed by atoms with Crippen molar-refractivity contribution in [1.29, 1.82) is 0 Å². The van der Waals surface area contributed by atoms with Crippen molar-refractivity contribution in [2.24, 2.45) is 5.73 Å². The molecule has 0 bridgehead atoms. The summed E-state index contributed by atoms with van der Waals surface area (Å²) in [5, 5.41) is 9.36. The van der Waals surface area contributed by atoms with E-state index in [4.69, 9.17) is 5.73 Å². The average molecular weight is 234 g/mol. The molecule has 1 aliphatic carbocycles. The lowest BCUT2D eigenvalue weighted by atomic mass is 9.68. The zero-order valence-corrected chi connectivity index (χ0v) is 9.76. The van der Waals surface area contributed by atoms with E-state index in [-0.39, 0.29) is 5.41 Å². The van der Waals surface area contributed by atoms with Gasteiger partial charge in [-0.3, -0.25) is 5.10 Å². The molecule has 0 amide bonds. The predicted molar refractivity (Wildman–Crippen MR) is 64.3 cm³/mol. The number of hydrogen-bond acceptors (Lipinski definition) is 4. The molecule has 16 heavy (non-hydrogen) atoms. The summed E-state index contributed by atoms with van der Waals surface area (Å²) in [6.07, 6.45) is 3.50. The lowest BCUT2D eigenvalue weighted by Gasteiger charge is -2.38. The molecule has 0 saturated heterocycles. The fourth-order valence-electron chi connectivity index (χ4n) is 2.16. The highest BCUT2D eigenvalue weighted by atomic mass is 32.1. The first-order valence-corrected chi connectivity index (χ1v) is 6.39. The Labute approximate surface area is 97.9 Å². The number of nitrogens with zero attached hydrogens (tertiary/aromatic N) is 2. The van der Waals surface area contributed by atoms with E-state index in [1.165, 1.54) is 6.42 Å². The highest BCUT2D eigenvalue weighted by Crippen LogP contribution is 2.41. The maximum atomic E-state index is 5.84. The molecule has 1 fully saturated rings. The van der Waals surface area contributed by atoms with E-state index < -0.39 is 0 Å². The van der Waals surface area contributed by atoms with Gasteiger partial charge in [-0.15, -0.1) is 11.3 Å². The van der Waals surface area contributed by atoms with Gasteiger partial charge in [-0.05, 0) is 24.3 Å². The van der Waals surface area contributed by atoms with Gasteiger partial charge in [-0.2, -0.15) is 5.10 Å². The van der Waals surface area contributed by atoms with E-state index in [2.05, 4.69) is 15.2 Å². The molecule has 2 heterocycles. The molecule has 84 valence electrons. The fourth-order valence-corrected chi connectivity index (χ4v) is 2.81. The Balaban J connectivity index is 1.93. The number of aromatic amines is 1. The largest absolute Gasteiger partial charge is 0.329 e. The van der Waals surface area contributed by atoms with Crippen molar-refractivity contribution in [3.63, 3.8) is 0 Å². The van der Waals surface area contributed by atoms with Crippen LogP contribution in [0.3, 0.4) is 0 Å². The summed E-state index contributed by atoms with van der Waals surface area (Å²) in [6, 6.07) is 4.05. The molecule has 3 N–H and O–H groups in total. The topological polar surface area (TPSA) is 67.6 Å². The quantitative estimate of drug-likeness (QED) is 0.852. The second-order valence-corrected chi connectivity index (χ2v) is 5.27. The summed E-state index contributed by atoms with van der Waals surface area (Å²) >= 11 is 1.66. The third-order valence-electron chi connectivity index (χ3n) is 3.43. The first-order valence-electron chi connectivity index (χ1n) is 5.51. The minimum atomic E-state index is 0.0719. The highest BCUT2D eigenvalue weighted by Gasteiger charge is 2.40. The molecule has 4 nitrogen and oxygen atoms in total. The van der Waals surface area contributed by atoms with Crippen molar-refractivity contribution in [3.8, 4) is 10.7 Å². The zero-order chi connectivity index (χ0) is 11.0. The molecule has 0 unspecified atom stereocenters. The van der Waals surface area contributed by atoms with Crippen molar-refractivity contribution in [2.75, 3.05) is 6.54 Å². The van der Waals surface area contributed by atoms with Crippen LogP contribution in [0.15, 0.2) is 17.5 Å². The second-order valence-electron chi connectivity index (χ2n) is 4.32. The molecule has 3 rings (SSSR count). The summed E-state index contributed by atoms with van der Waals surface area (Å²) < 4.78 is 0. The number of H-pyrrole nitrogens is 1. The molecule has 0 aliphatic heterocycles. The van der Waals surface area contributed by atoms with Crippen molar-refractivity contribution in [1.82, 2.24) is 15.2 Å². The number of hydrogen-bond donors (Lipinski definition) is 2. The zero-order valence-electron chi connectivity index (χ0n) is 8.94. The lowest BCUT2D eigenvalue weighted by molar-refractivity contribution is 0.239. The molecular formula is C11H14N4S. The molecule has 0 atom stereocenters. The summed E-state index contributed by atoms with van der Waals surface area (Å²) in [5.74, 6) is 1.76. The van der Waals surface area contributed by atoms with Gasteiger partial charge in [0.1, 0.15) is 5.82 Å². The third-order valence-corrected chi connectivity index (χ3v) is 4.30. The summed E-state index contributed by atoms with van der Waals surface area (Å²) in [6.45, 7) is 0.659. The van der Waals surface area contributed by atoms with Crippen LogP contribution in [0, 0.1) is 0 Å². The van der Waals surface area contributed by atoms with Gasteiger partial charge in [0, 0.05) is 12.0 Å².